The Morgan fingerprint density at radius 3 is 1.71 bits per heavy atom. The Morgan fingerprint density at radius 1 is 0.800 bits per heavy atom. The molecule has 2 atom stereocenters. The number of esters is 2. The van der Waals surface area contributed by atoms with Gasteiger partial charge in [0.15, 0.2) is 0 Å². The highest BCUT2D eigenvalue weighted by Crippen LogP contribution is 2.56. The predicted molar refractivity (Wildman–Crippen MR) is 192 cm³/mol. The smallest absolute Gasteiger partial charge is 0.306 e. The summed E-state index contributed by atoms with van der Waals surface area (Å²) in [6.45, 7) is 32.7. The molecule has 5 nitrogen and oxygen atoms in total. The standard InChI is InChI=1S/C38H60O5S2/c1-33(2,3)26-20-24(21-27(31(26)41)34(4,5)6)44-37(13,14)45-25-22-28(35(7,8)9)32(38(15,23-25)36(10,11)12)43-30(40)19-17-18-29(39)42-16/h20-23,32,41H,17-19H2,1-16H3. The number of methoxy groups -OCH3 is 1. The largest absolute Gasteiger partial charge is 0.507 e. The van der Waals surface area contributed by atoms with Crippen LogP contribution in [0.15, 0.2) is 39.7 Å². The number of allylic oxidation sites excluding steroid dienone is 1. The predicted octanol–water partition coefficient (Wildman–Crippen LogP) is 10.7. The van der Waals surface area contributed by atoms with Crippen molar-refractivity contribution in [3.63, 3.8) is 0 Å². The minimum atomic E-state index is -0.483. The first kappa shape index (κ1) is 39.3. The fourth-order valence-corrected chi connectivity index (χ4v) is 8.22. The minimum absolute atomic E-state index is 0.165. The highest BCUT2D eigenvalue weighted by atomic mass is 32.2. The second-order valence-electron chi connectivity index (χ2n) is 17.2. The van der Waals surface area contributed by atoms with Crippen LogP contribution in [0.4, 0.5) is 0 Å². The molecule has 0 fully saturated rings. The third-order valence-corrected chi connectivity index (χ3v) is 11.1. The summed E-state index contributed by atoms with van der Waals surface area (Å²) in [6, 6.07) is 4.30. The van der Waals surface area contributed by atoms with Gasteiger partial charge in [-0.3, -0.25) is 9.59 Å². The average molecular weight is 661 g/mol. The summed E-state index contributed by atoms with van der Waals surface area (Å²) in [5.41, 5.74) is 1.65. The van der Waals surface area contributed by atoms with E-state index in [1.165, 1.54) is 7.11 Å². The first-order chi connectivity index (χ1) is 20.1. The van der Waals surface area contributed by atoms with Gasteiger partial charge in [-0.15, -0.1) is 23.5 Å². The van der Waals surface area contributed by atoms with Gasteiger partial charge < -0.3 is 14.6 Å². The quantitative estimate of drug-likeness (QED) is 0.160. The average Bonchev–Trinajstić information content (AvgIpc) is 2.83. The second-order valence-corrected chi connectivity index (χ2v) is 20.9. The van der Waals surface area contributed by atoms with Gasteiger partial charge >= 0.3 is 11.9 Å². The van der Waals surface area contributed by atoms with Gasteiger partial charge in [0.05, 0.1) is 11.2 Å². The molecule has 1 aliphatic rings. The molecule has 0 aromatic heterocycles. The van der Waals surface area contributed by atoms with Crippen LogP contribution in [0.5, 0.6) is 5.75 Å². The Labute approximate surface area is 282 Å². The molecule has 0 spiro atoms. The lowest BCUT2D eigenvalue weighted by Crippen LogP contribution is -2.49. The van der Waals surface area contributed by atoms with E-state index in [2.05, 4.69) is 128 Å². The van der Waals surface area contributed by atoms with Crippen LogP contribution in [-0.2, 0) is 29.9 Å². The Balaban J connectivity index is 2.53. The zero-order chi connectivity index (χ0) is 35.0. The number of aromatic hydroxyl groups is 1. The van der Waals surface area contributed by atoms with Crippen LogP contribution in [0.1, 0.15) is 134 Å². The molecule has 0 aliphatic heterocycles. The molecule has 7 heteroatoms. The summed E-state index contributed by atoms with van der Waals surface area (Å²) >= 11 is 3.63. The third-order valence-electron chi connectivity index (χ3n) is 8.71. The second kappa shape index (κ2) is 13.7. The number of thioether (sulfide) groups is 2. The number of rotatable bonds is 9. The van der Waals surface area contributed by atoms with Crippen LogP contribution < -0.4 is 0 Å². The molecule has 45 heavy (non-hydrogen) atoms. The Bertz CT molecular complexity index is 1270. The van der Waals surface area contributed by atoms with Crippen molar-refractivity contribution in [1.29, 1.82) is 0 Å². The highest BCUT2D eigenvalue weighted by Gasteiger charge is 2.50. The third kappa shape index (κ3) is 10.1. The number of phenols is 1. The van der Waals surface area contributed by atoms with Crippen molar-refractivity contribution in [3.05, 3.63) is 45.9 Å². The molecule has 0 heterocycles. The van der Waals surface area contributed by atoms with Crippen LogP contribution in [0.2, 0.25) is 0 Å². The monoisotopic (exact) mass is 660 g/mol. The van der Waals surface area contributed by atoms with Gasteiger partial charge in [-0.1, -0.05) is 96.1 Å². The molecule has 1 aromatic rings. The van der Waals surface area contributed by atoms with Gasteiger partial charge in [0, 0.05) is 39.2 Å². The minimum Gasteiger partial charge on any atom is -0.507 e. The van der Waals surface area contributed by atoms with E-state index >= 15 is 0 Å². The Morgan fingerprint density at radius 2 is 1.29 bits per heavy atom. The van der Waals surface area contributed by atoms with Crippen LogP contribution in [-0.4, -0.2) is 34.3 Å². The lowest BCUT2D eigenvalue weighted by molar-refractivity contribution is -0.156. The molecule has 0 radical (unpaired) electrons. The fraction of sp³-hybridized carbons (Fsp3) is 0.684. The van der Waals surface area contributed by atoms with E-state index in [1.807, 2.05) is 23.5 Å². The summed E-state index contributed by atoms with van der Waals surface area (Å²) in [5.74, 6) is -0.229. The maximum absolute atomic E-state index is 13.2. The van der Waals surface area contributed by atoms with Crippen molar-refractivity contribution in [2.24, 2.45) is 16.2 Å². The molecule has 1 aromatic carbocycles. The van der Waals surface area contributed by atoms with Crippen LogP contribution >= 0.6 is 23.5 Å². The first-order valence-corrected chi connectivity index (χ1v) is 17.7. The molecule has 0 saturated carbocycles. The number of phenolic OH excluding ortho intramolecular Hbond substituents is 1. The van der Waals surface area contributed by atoms with E-state index in [0.29, 0.717) is 12.2 Å². The van der Waals surface area contributed by atoms with Gasteiger partial charge in [-0.25, -0.2) is 0 Å². The number of hydrogen-bond donors (Lipinski definition) is 1. The summed E-state index contributed by atoms with van der Waals surface area (Å²) in [6.07, 6.45) is 4.84. The molecule has 2 rings (SSSR count). The van der Waals surface area contributed by atoms with Crippen molar-refractivity contribution in [3.8, 4) is 5.75 Å². The SMILES string of the molecule is COC(=O)CCCC(=O)OC1C(C(C)(C)C)=CC(SC(C)(C)Sc2cc(C(C)(C)C)c(O)c(C(C)(C)C)c2)=CC1(C)C(C)(C)C. The zero-order valence-electron chi connectivity index (χ0n) is 30.9. The number of benzene rings is 1. The van der Waals surface area contributed by atoms with Crippen LogP contribution in [0.3, 0.4) is 0 Å². The molecule has 1 N–H and O–H groups in total. The van der Waals surface area contributed by atoms with Crippen LogP contribution in [0, 0.1) is 16.2 Å². The van der Waals surface area contributed by atoms with E-state index in [-0.39, 0.29) is 50.5 Å². The lowest BCUT2D eigenvalue weighted by atomic mass is 9.59. The van der Waals surface area contributed by atoms with E-state index in [1.54, 1.807) is 0 Å². The lowest BCUT2D eigenvalue weighted by Gasteiger charge is -2.50. The summed E-state index contributed by atoms with van der Waals surface area (Å²) < 4.78 is 10.8. The van der Waals surface area contributed by atoms with Crippen LogP contribution in [0.25, 0.3) is 0 Å². The molecule has 0 amide bonds. The van der Waals surface area contributed by atoms with Gasteiger partial charge in [-0.05, 0) is 65.7 Å². The van der Waals surface area contributed by atoms with Crippen molar-refractivity contribution in [1.82, 2.24) is 0 Å². The topological polar surface area (TPSA) is 72.8 Å². The van der Waals surface area contributed by atoms with E-state index in [0.717, 1.165) is 26.5 Å². The van der Waals surface area contributed by atoms with E-state index in [4.69, 9.17) is 9.47 Å². The number of ether oxygens (including phenoxy) is 2. The van der Waals surface area contributed by atoms with Gasteiger partial charge in [0.25, 0.3) is 0 Å². The number of carbonyl (C=O) groups is 2. The number of hydrogen-bond acceptors (Lipinski definition) is 7. The van der Waals surface area contributed by atoms with E-state index in [9.17, 15) is 14.7 Å². The Kier molecular flexibility index (Phi) is 12.0. The summed E-state index contributed by atoms with van der Waals surface area (Å²) in [4.78, 5) is 27.0. The number of carbonyl (C=O) groups excluding carboxylic acids is 2. The fourth-order valence-electron chi connectivity index (χ4n) is 5.50. The molecular weight excluding hydrogens is 601 g/mol. The van der Waals surface area contributed by atoms with Crippen molar-refractivity contribution >= 4 is 35.5 Å². The van der Waals surface area contributed by atoms with Gasteiger partial charge in [0.2, 0.25) is 0 Å². The maximum atomic E-state index is 13.2. The molecule has 2 unspecified atom stereocenters. The van der Waals surface area contributed by atoms with Crippen molar-refractivity contribution in [2.75, 3.05) is 7.11 Å². The van der Waals surface area contributed by atoms with E-state index < -0.39 is 11.5 Å². The van der Waals surface area contributed by atoms with Gasteiger partial charge in [0.1, 0.15) is 11.9 Å². The first-order valence-electron chi connectivity index (χ1n) is 16.1. The Hall–Kier alpha value is -1.86. The maximum Gasteiger partial charge on any atom is 0.306 e. The molecule has 254 valence electrons. The summed E-state index contributed by atoms with van der Waals surface area (Å²) in [7, 11) is 1.36. The molecule has 1 aliphatic carbocycles. The highest BCUT2D eigenvalue weighted by molar-refractivity contribution is 8.20. The molecular formula is C38H60O5S2. The summed E-state index contributed by atoms with van der Waals surface area (Å²) in [5, 5.41) is 11.3. The van der Waals surface area contributed by atoms with Gasteiger partial charge in [-0.2, -0.15) is 0 Å². The molecule has 0 saturated heterocycles. The van der Waals surface area contributed by atoms with Crippen molar-refractivity contribution < 1.29 is 24.2 Å². The normalized spacial score (nSPS) is 20.0. The van der Waals surface area contributed by atoms with Crippen molar-refractivity contribution in [2.45, 2.75) is 149 Å². The zero-order valence-corrected chi connectivity index (χ0v) is 32.5. The molecule has 0 bridgehead atoms.